The van der Waals surface area contributed by atoms with Crippen molar-refractivity contribution in [2.24, 2.45) is 0 Å². The van der Waals surface area contributed by atoms with Crippen LogP contribution in [0.25, 0.3) is 5.69 Å². The van der Waals surface area contributed by atoms with Crippen LogP contribution in [0.4, 0.5) is 0 Å². The van der Waals surface area contributed by atoms with Crippen LogP contribution < -0.4 is 0 Å². The molecule has 1 aromatic heterocycles. The Bertz CT molecular complexity index is 487. The van der Waals surface area contributed by atoms with E-state index < -0.39 is 3.79 Å². The molecule has 0 saturated carbocycles. The second-order valence-electron chi connectivity index (χ2n) is 3.10. The quantitative estimate of drug-likeness (QED) is 0.715. The lowest BCUT2D eigenvalue weighted by molar-refractivity contribution is 0.847. The molecule has 0 amide bonds. The third-order valence-electron chi connectivity index (χ3n) is 1.96. The van der Waals surface area contributed by atoms with Crippen molar-refractivity contribution < 1.29 is 0 Å². The first-order valence-corrected chi connectivity index (χ1v) is 5.88. The summed E-state index contributed by atoms with van der Waals surface area (Å²) in [7, 11) is 0. The van der Waals surface area contributed by atoms with Crippen LogP contribution in [0.3, 0.4) is 0 Å². The van der Waals surface area contributed by atoms with Gasteiger partial charge in [0.1, 0.15) is 10.8 Å². The van der Waals surface area contributed by atoms with Gasteiger partial charge in [0.15, 0.2) is 0 Å². The highest BCUT2D eigenvalue weighted by atomic mass is 35.6. The van der Waals surface area contributed by atoms with E-state index in [9.17, 15) is 0 Å². The summed E-state index contributed by atoms with van der Waals surface area (Å²) in [5.74, 6) is 0. The van der Waals surface area contributed by atoms with E-state index in [0.29, 0.717) is 10.8 Å². The van der Waals surface area contributed by atoms with Crippen molar-refractivity contribution in [3.05, 3.63) is 47.2 Å². The molecule has 0 radical (unpaired) electrons. The first kappa shape index (κ1) is 12.1. The molecule has 0 fully saturated rings. The number of aromatic nitrogens is 2. The first-order chi connectivity index (χ1) is 7.48. The largest absolute Gasteiger partial charge is 0.234 e. The van der Waals surface area contributed by atoms with Crippen molar-refractivity contribution in [2.75, 3.05) is 0 Å². The van der Waals surface area contributed by atoms with Gasteiger partial charge in [0.2, 0.25) is 3.79 Å². The highest BCUT2D eigenvalue weighted by molar-refractivity contribution is 6.66. The lowest BCUT2D eigenvalue weighted by Gasteiger charge is -2.06. The molecule has 0 aliphatic heterocycles. The van der Waals surface area contributed by atoms with Crippen molar-refractivity contribution in [3.63, 3.8) is 0 Å². The van der Waals surface area contributed by atoms with E-state index in [-0.39, 0.29) is 0 Å². The normalized spacial score (nSPS) is 11.8. The predicted molar refractivity (Wildman–Crippen MR) is 67.8 cm³/mol. The summed E-state index contributed by atoms with van der Waals surface area (Å²) in [6, 6.07) is 10.9. The summed E-state index contributed by atoms with van der Waals surface area (Å²) in [5.41, 5.74) is 1.11. The summed E-state index contributed by atoms with van der Waals surface area (Å²) in [6.07, 6.45) is 0. The number of halogens is 4. The average molecular weight is 296 g/mol. The monoisotopic (exact) mass is 294 g/mol. The van der Waals surface area contributed by atoms with E-state index in [1.165, 1.54) is 10.7 Å². The Labute approximate surface area is 113 Å². The minimum absolute atomic E-state index is 0.298. The number of hydrogen-bond acceptors (Lipinski definition) is 1. The Morgan fingerprint density at radius 2 is 1.69 bits per heavy atom. The maximum Gasteiger partial charge on any atom is 0.234 e. The average Bonchev–Trinajstić information content (AvgIpc) is 2.61. The molecule has 0 unspecified atom stereocenters. The van der Waals surface area contributed by atoms with Gasteiger partial charge in [0.25, 0.3) is 0 Å². The van der Waals surface area contributed by atoms with Crippen molar-refractivity contribution in [3.8, 4) is 5.69 Å². The van der Waals surface area contributed by atoms with Gasteiger partial charge in [0, 0.05) is 6.07 Å². The van der Waals surface area contributed by atoms with Gasteiger partial charge in [0.05, 0.1) is 5.69 Å². The summed E-state index contributed by atoms with van der Waals surface area (Å²) in [5, 5.41) is 4.54. The van der Waals surface area contributed by atoms with Crippen LogP contribution in [0, 0.1) is 0 Å². The number of benzene rings is 1. The van der Waals surface area contributed by atoms with E-state index in [0.717, 1.165) is 5.69 Å². The fourth-order valence-corrected chi connectivity index (χ4v) is 1.76. The van der Waals surface area contributed by atoms with E-state index in [2.05, 4.69) is 5.10 Å². The molecule has 0 atom stereocenters. The molecule has 0 aliphatic rings. The molecule has 1 heterocycles. The topological polar surface area (TPSA) is 17.8 Å². The molecule has 0 saturated heterocycles. The molecule has 0 bridgehead atoms. The molecule has 84 valence electrons. The second-order valence-corrected chi connectivity index (χ2v) is 5.77. The maximum absolute atomic E-state index is 6.01. The zero-order valence-electron chi connectivity index (χ0n) is 7.87. The molecule has 1 aromatic carbocycles. The van der Waals surface area contributed by atoms with Crippen LogP contribution in [0.2, 0.25) is 5.15 Å². The van der Waals surface area contributed by atoms with E-state index in [4.69, 9.17) is 46.4 Å². The van der Waals surface area contributed by atoms with Crippen molar-refractivity contribution in [1.82, 2.24) is 9.78 Å². The maximum atomic E-state index is 6.01. The number of rotatable bonds is 1. The highest BCUT2D eigenvalue weighted by Gasteiger charge is 2.27. The molecule has 2 aromatic rings. The van der Waals surface area contributed by atoms with Crippen LogP contribution in [0.1, 0.15) is 5.69 Å². The first-order valence-electron chi connectivity index (χ1n) is 4.36. The Kier molecular flexibility index (Phi) is 3.36. The molecule has 0 aliphatic carbocycles. The number of alkyl halides is 3. The number of para-hydroxylation sites is 1. The van der Waals surface area contributed by atoms with Crippen LogP contribution in [-0.2, 0) is 3.79 Å². The number of hydrogen-bond donors (Lipinski definition) is 0. The van der Waals surface area contributed by atoms with Gasteiger partial charge >= 0.3 is 0 Å². The van der Waals surface area contributed by atoms with Gasteiger partial charge in [-0.1, -0.05) is 64.6 Å². The Morgan fingerprint density at radius 1 is 1.06 bits per heavy atom. The number of nitrogens with zero attached hydrogens (tertiary/aromatic N) is 2. The van der Waals surface area contributed by atoms with Gasteiger partial charge in [-0.05, 0) is 12.1 Å². The standard InChI is InChI=1S/C10H6Cl4N2/c11-9-6-8(10(12,13)14)15-16(9)7-4-2-1-3-5-7/h1-6H. The van der Waals surface area contributed by atoms with E-state index in [1.54, 1.807) is 0 Å². The third-order valence-corrected chi connectivity index (χ3v) is 2.81. The summed E-state index contributed by atoms with van der Waals surface area (Å²) in [6.45, 7) is 0. The van der Waals surface area contributed by atoms with E-state index >= 15 is 0 Å². The Morgan fingerprint density at radius 3 is 2.19 bits per heavy atom. The molecular weight excluding hydrogens is 290 g/mol. The van der Waals surface area contributed by atoms with E-state index in [1.807, 2.05) is 30.3 Å². The molecule has 0 N–H and O–H groups in total. The molecule has 2 rings (SSSR count). The Balaban J connectivity index is 2.48. The zero-order valence-corrected chi connectivity index (χ0v) is 10.9. The van der Waals surface area contributed by atoms with Gasteiger partial charge in [-0.25, -0.2) is 4.68 Å². The van der Waals surface area contributed by atoms with Gasteiger partial charge < -0.3 is 0 Å². The minimum atomic E-state index is -1.57. The van der Waals surface area contributed by atoms with Crippen LogP contribution in [0.5, 0.6) is 0 Å². The van der Waals surface area contributed by atoms with Crippen molar-refractivity contribution in [2.45, 2.75) is 3.79 Å². The van der Waals surface area contributed by atoms with Crippen molar-refractivity contribution >= 4 is 46.4 Å². The van der Waals surface area contributed by atoms with Gasteiger partial charge in [-0.15, -0.1) is 0 Å². The summed E-state index contributed by atoms with van der Waals surface area (Å²) < 4.78 is -0.0531. The molecule has 6 heteroatoms. The third kappa shape index (κ3) is 2.46. The fraction of sp³-hybridized carbons (Fsp3) is 0.100. The van der Waals surface area contributed by atoms with Crippen LogP contribution >= 0.6 is 46.4 Å². The van der Waals surface area contributed by atoms with Crippen molar-refractivity contribution in [1.29, 1.82) is 0 Å². The van der Waals surface area contributed by atoms with Gasteiger partial charge in [-0.3, -0.25) is 0 Å². The fourth-order valence-electron chi connectivity index (χ4n) is 1.25. The lowest BCUT2D eigenvalue weighted by Crippen LogP contribution is -2.03. The highest BCUT2D eigenvalue weighted by Crippen LogP contribution is 2.38. The zero-order chi connectivity index (χ0) is 11.8. The molecular formula is C10H6Cl4N2. The SMILES string of the molecule is Clc1cc(C(Cl)(Cl)Cl)nn1-c1ccccc1. The lowest BCUT2D eigenvalue weighted by atomic mass is 10.3. The van der Waals surface area contributed by atoms with Gasteiger partial charge in [-0.2, -0.15) is 5.10 Å². The molecule has 2 nitrogen and oxygen atoms in total. The molecule has 16 heavy (non-hydrogen) atoms. The summed E-state index contributed by atoms with van der Waals surface area (Å²) in [4.78, 5) is 0. The predicted octanol–water partition coefficient (Wildman–Crippen LogP) is 4.35. The van der Waals surface area contributed by atoms with Crippen LogP contribution in [0.15, 0.2) is 36.4 Å². The molecule has 0 spiro atoms. The van der Waals surface area contributed by atoms with Crippen LogP contribution in [-0.4, -0.2) is 9.78 Å². The smallest absolute Gasteiger partial charge is 0.222 e. The Hall–Kier alpha value is -0.410. The summed E-state index contributed by atoms with van der Waals surface area (Å²) >= 11 is 23.2. The minimum Gasteiger partial charge on any atom is -0.222 e. The second kappa shape index (κ2) is 4.46.